The smallest absolute Gasteiger partial charge is 0.179 e. The van der Waals surface area contributed by atoms with E-state index in [1.807, 2.05) is 6.07 Å². The van der Waals surface area contributed by atoms with E-state index in [1.165, 1.54) is 17.7 Å². The molecule has 2 aliphatic rings. The topological polar surface area (TPSA) is 35.6 Å². The minimum absolute atomic E-state index is 0.0293. The Bertz CT molecular complexity index is 552. The van der Waals surface area contributed by atoms with Crippen molar-refractivity contribution < 1.29 is 4.79 Å². The summed E-state index contributed by atoms with van der Waals surface area (Å²) in [6.45, 7) is 10.3. The molecule has 3 rings (SSSR count). The average Bonchev–Trinajstić information content (AvgIpc) is 2.61. The van der Waals surface area contributed by atoms with E-state index in [0.29, 0.717) is 0 Å². The van der Waals surface area contributed by atoms with Crippen molar-refractivity contribution in [1.82, 2.24) is 10.2 Å². The summed E-state index contributed by atoms with van der Waals surface area (Å²) >= 11 is 0. The van der Waals surface area contributed by atoms with Crippen molar-refractivity contribution >= 4 is 11.5 Å². The molecule has 1 unspecified atom stereocenters. The quantitative estimate of drug-likeness (QED) is 0.846. The summed E-state index contributed by atoms with van der Waals surface area (Å²) in [7, 11) is 0. The molecular formula is C19H29N3O. The number of ketones is 1. The first kappa shape index (κ1) is 16.5. The maximum absolute atomic E-state index is 12.9. The van der Waals surface area contributed by atoms with Gasteiger partial charge in [-0.05, 0) is 37.8 Å². The van der Waals surface area contributed by atoms with Gasteiger partial charge in [0.05, 0.1) is 6.04 Å². The van der Waals surface area contributed by atoms with Crippen molar-refractivity contribution in [1.29, 1.82) is 0 Å². The van der Waals surface area contributed by atoms with E-state index in [2.05, 4.69) is 41.1 Å². The number of Topliss-reactive ketones (excluding diaryl/α,β-unsaturated/α-hetero) is 1. The number of piperazine rings is 1. The van der Waals surface area contributed by atoms with E-state index in [4.69, 9.17) is 0 Å². The molecular weight excluding hydrogens is 286 g/mol. The van der Waals surface area contributed by atoms with E-state index in [9.17, 15) is 4.79 Å². The van der Waals surface area contributed by atoms with Gasteiger partial charge in [0.25, 0.3) is 0 Å². The molecule has 1 saturated heterocycles. The molecule has 2 aliphatic heterocycles. The Labute approximate surface area is 139 Å². The predicted molar refractivity (Wildman–Crippen MR) is 95.5 cm³/mol. The summed E-state index contributed by atoms with van der Waals surface area (Å²) in [5.74, 6) is 0.261. The lowest BCUT2D eigenvalue weighted by Crippen LogP contribution is -2.50. The van der Waals surface area contributed by atoms with E-state index in [0.717, 1.165) is 57.7 Å². The standard InChI is InChI=1S/C19H29N3O/c1-3-10-22-11-4-5-16-6-7-17(14-18(16)22)19(23)15(2)21-12-8-20-9-13-21/h6-7,14-15,20H,3-5,8-13H2,1-2H3. The second-order valence-electron chi connectivity index (χ2n) is 6.76. The van der Waals surface area contributed by atoms with Crippen LogP contribution in [0.5, 0.6) is 0 Å². The zero-order valence-electron chi connectivity index (χ0n) is 14.5. The highest BCUT2D eigenvalue weighted by Gasteiger charge is 2.25. The molecule has 126 valence electrons. The Morgan fingerprint density at radius 2 is 2.04 bits per heavy atom. The van der Waals surface area contributed by atoms with Crippen LogP contribution >= 0.6 is 0 Å². The monoisotopic (exact) mass is 315 g/mol. The molecule has 0 spiro atoms. The summed E-state index contributed by atoms with van der Waals surface area (Å²) in [5.41, 5.74) is 3.56. The van der Waals surface area contributed by atoms with Gasteiger partial charge in [-0.15, -0.1) is 0 Å². The largest absolute Gasteiger partial charge is 0.371 e. The average molecular weight is 315 g/mol. The number of hydrogen-bond donors (Lipinski definition) is 1. The second-order valence-corrected chi connectivity index (χ2v) is 6.76. The lowest BCUT2D eigenvalue weighted by Gasteiger charge is -2.33. The molecule has 0 saturated carbocycles. The van der Waals surface area contributed by atoms with E-state index in [-0.39, 0.29) is 11.8 Å². The van der Waals surface area contributed by atoms with Crippen molar-refractivity contribution in [2.75, 3.05) is 44.2 Å². The number of anilines is 1. The summed E-state index contributed by atoms with van der Waals surface area (Å²) in [4.78, 5) is 17.7. The zero-order chi connectivity index (χ0) is 16.2. The molecule has 1 fully saturated rings. The fraction of sp³-hybridized carbons (Fsp3) is 0.632. The third kappa shape index (κ3) is 3.59. The molecule has 1 N–H and O–H groups in total. The van der Waals surface area contributed by atoms with Crippen LogP contribution in [0.15, 0.2) is 18.2 Å². The van der Waals surface area contributed by atoms with Crippen molar-refractivity contribution in [3.05, 3.63) is 29.3 Å². The van der Waals surface area contributed by atoms with E-state index < -0.39 is 0 Å². The number of nitrogens with one attached hydrogen (secondary N) is 1. The number of rotatable bonds is 5. The minimum atomic E-state index is -0.0293. The number of fused-ring (bicyclic) bond motifs is 1. The van der Waals surface area contributed by atoms with Crippen LogP contribution in [-0.4, -0.2) is 56.0 Å². The summed E-state index contributed by atoms with van der Waals surface area (Å²) in [6.07, 6.45) is 3.50. The van der Waals surface area contributed by atoms with Gasteiger partial charge in [0.2, 0.25) is 0 Å². The van der Waals surface area contributed by atoms with Crippen LogP contribution < -0.4 is 10.2 Å². The normalized spacial score (nSPS) is 20.2. The Hall–Kier alpha value is -1.39. The van der Waals surface area contributed by atoms with Crippen molar-refractivity contribution in [2.24, 2.45) is 0 Å². The van der Waals surface area contributed by atoms with E-state index in [1.54, 1.807) is 0 Å². The van der Waals surface area contributed by atoms with Crippen LogP contribution in [0.2, 0.25) is 0 Å². The van der Waals surface area contributed by atoms with Crippen LogP contribution in [0.25, 0.3) is 0 Å². The first-order valence-electron chi connectivity index (χ1n) is 9.07. The molecule has 0 aromatic heterocycles. The number of nitrogens with zero attached hydrogens (tertiary/aromatic N) is 2. The van der Waals surface area contributed by atoms with Gasteiger partial charge in [0.1, 0.15) is 0 Å². The second kappa shape index (κ2) is 7.45. The molecule has 23 heavy (non-hydrogen) atoms. The van der Waals surface area contributed by atoms with Crippen molar-refractivity contribution in [3.63, 3.8) is 0 Å². The van der Waals surface area contributed by atoms with Gasteiger partial charge in [0.15, 0.2) is 5.78 Å². The Kier molecular flexibility index (Phi) is 5.34. The van der Waals surface area contributed by atoms with Crippen LogP contribution in [0.1, 0.15) is 42.6 Å². The molecule has 0 amide bonds. The predicted octanol–water partition coefficient (Wildman–Crippen LogP) is 2.33. The molecule has 2 heterocycles. The molecule has 4 heteroatoms. The van der Waals surface area contributed by atoms with Crippen molar-refractivity contribution in [3.8, 4) is 0 Å². The highest BCUT2D eigenvalue weighted by molar-refractivity contribution is 6.00. The fourth-order valence-corrected chi connectivity index (χ4v) is 3.78. The molecule has 0 radical (unpaired) electrons. The van der Waals surface area contributed by atoms with Gasteiger partial charge in [-0.25, -0.2) is 0 Å². The molecule has 1 atom stereocenters. The fourth-order valence-electron chi connectivity index (χ4n) is 3.78. The van der Waals surface area contributed by atoms with Gasteiger partial charge in [-0.2, -0.15) is 0 Å². The first-order chi connectivity index (χ1) is 11.2. The van der Waals surface area contributed by atoms with Gasteiger partial charge in [-0.1, -0.05) is 19.1 Å². The zero-order valence-corrected chi connectivity index (χ0v) is 14.5. The van der Waals surface area contributed by atoms with Crippen LogP contribution in [0.3, 0.4) is 0 Å². The number of hydrogen-bond acceptors (Lipinski definition) is 4. The Morgan fingerprint density at radius 3 is 2.78 bits per heavy atom. The molecule has 0 bridgehead atoms. The molecule has 4 nitrogen and oxygen atoms in total. The van der Waals surface area contributed by atoms with Gasteiger partial charge in [-0.3, -0.25) is 9.69 Å². The third-order valence-electron chi connectivity index (χ3n) is 5.16. The lowest BCUT2D eigenvalue weighted by molar-refractivity contribution is 0.0820. The SMILES string of the molecule is CCCN1CCCc2ccc(C(=O)C(C)N3CCNCC3)cc21. The molecule has 1 aromatic carbocycles. The van der Waals surface area contributed by atoms with Gasteiger partial charge in [0, 0.05) is 50.5 Å². The maximum atomic E-state index is 12.9. The maximum Gasteiger partial charge on any atom is 0.179 e. The lowest BCUT2D eigenvalue weighted by atomic mass is 9.96. The number of aryl methyl sites for hydroxylation is 1. The number of carbonyl (C=O) groups excluding carboxylic acids is 1. The third-order valence-corrected chi connectivity index (χ3v) is 5.16. The minimum Gasteiger partial charge on any atom is -0.371 e. The van der Waals surface area contributed by atoms with Gasteiger partial charge < -0.3 is 10.2 Å². The number of carbonyl (C=O) groups is 1. The van der Waals surface area contributed by atoms with Crippen LogP contribution in [0, 0.1) is 0 Å². The van der Waals surface area contributed by atoms with Crippen LogP contribution in [0.4, 0.5) is 5.69 Å². The number of benzene rings is 1. The van der Waals surface area contributed by atoms with Crippen LogP contribution in [-0.2, 0) is 6.42 Å². The Morgan fingerprint density at radius 1 is 1.26 bits per heavy atom. The Balaban J connectivity index is 1.79. The van der Waals surface area contributed by atoms with Gasteiger partial charge >= 0.3 is 0 Å². The summed E-state index contributed by atoms with van der Waals surface area (Å²) in [5, 5.41) is 3.35. The van der Waals surface area contributed by atoms with E-state index >= 15 is 0 Å². The summed E-state index contributed by atoms with van der Waals surface area (Å²) in [6, 6.07) is 6.33. The highest BCUT2D eigenvalue weighted by atomic mass is 16.1. The summed E-state index contributed by atoms with van der Waals surface area (Å²) < 4.78 is 0. The highest BCUT2D eigenvalue weighted by Crippen LogP contribution is 2.29. The molecule has 0 aliphatic carbocycles. The van der Waals surface area contributed by atoms with Crippen molar-refractivity contribution in [2.45, 2.75) is 39.2 Å². The first-order valence-corrected chi connectivity index (χ1v) is 9.07. The molecule has 1 aromatic rings.